The van der Waals surface area contributed by atoms with Crippen molar-refractivity contribution in [1.82, 2.24) is 9.80 Å². The number of hydrogen-bond acceptors (Lipinski definition) is 4. The van der Waals surface area contributed by atoms with Crippen molar-refractivity contribution in [3.8, 4) is 0 Å². The third-order valence-corrected chi connectivity index (χ3v) is 4.48. The van der Waals surface area contributed by atoms with Gasteiger partial charge in [0, 0.05) is 13.1 Å². The molecule has 2 fully saturated rings. The van der Waals surface area contributed by atoms with Gasteiger partial charge in [0.2, 0.25) is 0 Å². The number of likely N-dealkylation sites (tertiary alicyclic amines) is 2. The van der Waals surface area contributed by atoms with Gasteiger partial charge < -0.3 is 9.64 Å². The second-order valence-corrected chi connectivity index (χ2v) is 5.83. The van der Waals surface area contributed by atoms with Crippen LogP contribution in [0, 0.1) is 5.92 Å². The molecule has 0 amide bonds. The van der Waals surface area contributed by atoms with Crippen LogP contribution in [0.15, 0.2) is 0 Å². The molecule has 2 atom stereocenters. The summed E-state index contributed by atoms with van der Waals surface area (Å²) >= 11 is 0. The van der Waals surface area contributed by atoms with Gasteiger partial charge in [-0.15, -0.1) is 0 Å². The second kappa shape index (κ2) is 7.25. The fraction of sp³-hybridized carbons (Fsp3) is 0.933. The van der Waals surface area contributed by atoms with Crippen molar-refractivity contribution in [2.24, 2.45) is 5.92 Å². The van der Waals surface area contributed by atoms with Gasteiger partial charge in [-0.05, 0) is 51.9 Å². The van der Waals surface area contributed by atoms with E-state index in [1.165, 1.54) is 0 Å². The smallest absolute Gasteiger partial charge is 0.310 e. The Bertz CT molecular complexity index is 296. The number of piperidine rings is 2. The van der Waals surface area contributed by atoms with Gasteiger partial charge in [-0.25, -0.2) is 0 Å². The van der Waals surface area contributed by atoms with Gasteiger partial charge in [0.05, 0.1) is 5.92 Å². The quantitative estimate of drug-likeness (QED) is 0.727. The van der Waals surface area contributed by atoms with E-state index in [4.69, 9.17) is 4.74 Å². The molecule has 0 aromatic heterocycles. The van der Waals surface area contributed by atoms with E-state index in [1.807, 2.05) is 0 Å². The van der Waals surface area contributed by atoms with Gasteiger partial charge in [-0.3, -0.25) is 9.69 Å². The highest BCUT2D eigenvalue weighted by atomic mass is 16.5. The average Bonchev–Trinajstić information content (AvgIpc) is 2.47. The van der Waals surface area contributed by atoms with Gasteiger partial charge >= 0.3 is 5.97 Å². The molecule has 0 bridgehead atoms. The molecule has 0 aliphatic carbocycles. The summed E-state index contributed by atoms with van der Waals surface area (Å²) in [7, 11) is 0. The maximum atomic E-state index is 12.3. The minimum Gasteiger partial charge on any atom is -0.461 e. The molecule has 4 heteroatoms. The average molecular weight is 268 g/mol. The fourth-order valence-corrected chi connectivity index (χ4v) is 3.19. The van der Waals surface area contributed by atoms with E-state index in [-0.39, 0.29) is 18.0 Å². The van der Waals surface area contributed by atoms with Crippen LogP contribution in [0.3, 0.4) is 0 Å². The SMILES string of the molecule is CCN1CCCC(OC(=O)C2CCCN(CC)C2)C1. The van der Waals surface area contributed by atoms with Gasteiger partial charge in [0.25, 0.3) is 0 Å². The summed E-state index contributed by atoms with van der Waals surface area (Å²) in [5.41, 5.74) is 0. The summed E-state index contributed by atoms with van der Waals surface area (Å²) < 4.78 is 5.75. The molecule has 110 valence electrons. The van der Waals surface area contributed by atoms with E-state index in [2.05, 4.69) is 23.6 Å². The Kier molecular flexibility index (Phi) is 5.64. The first-order chi connectivity index (χ1) is 9.22. The van der Waals surface area contributed by atoms with Crippen LogP contribution in [0.1, 0.15) is 39.5 Å². The lowest BCUT2D eigenvalue weighted by atomic mass is 9.98. The van der Waals surface area contributed by atoms with Gasteiger partial charge in [0.1, 0.15) is 6.10 Å². The standard InChI is InChI=1S/C15H28N2O2/c1-3-16-9-5-7-13(11-16)15(18)19-14-8-6-10-17(4-2)12-14/h13-14H,3-12H2,1-2H3. The van der Waals surface area contributed by atoms with Crippen LogP contribution in [0.4, 0.5) is 0 Å². The van der Waals surface area contributed by atoms with Crippen molar-refractivity contribution in [3.63, 3.8) is 0 Å². The summed E-state index contributed by atoms with van der Waals surface area (Å²) in [5, 5.41) is 0. The van der Waals surface area contributed by atoms with E-state index in [9.17, 15) is 4.79 Å². The first-order valence-electron chi connectivity index (χ1n) is 7.88. The highest BCUT2D eigenvalue weighted by Gasteiger charge is 2.29. The molecule has 0 aromatic rings. The molecule has 4 nitrogen and oxygen atoms in total. The molecule has 2 aliphatic rings. The molecule has 2 unspecified atom stereocenters. The summed E-state index contributed by atoms with van der Waals surface area (Å²) in [4.78, 5) is 17.0. The Balaban J connectivity index is 1.79. The number of rotatable bonds is 4. The van der Waals surface area contributed by atoms with Crippen LogP contribution >= 0.6 is 0 Å². The van der Waals surface area contributed by atoms with Crippen molar-refractivity contribution in [1.29, 1.82) is 0 Å². The third-order valence-electron chi connectivity index (χ3n) is 4.48. The summed E-state index contributed by atoms with van der Waals surface area (Å²) in [6.07, 6.45) is 4.43. The normalized spacial score (nSPS) is 30.2. The van der Waals surface area contributed by atoms with Crippen molar-refractivity contribution in [2.45, 2.75) is 45.6 Å². The number of ether oxygens (including phenoxy) is 1. The zero-order chi connectivity index (χ0) is 13.7. The van der Waals surface area contributed by atoms with E-state index < -0.39 is 0 Å². The molecule has 0 spiro atoms. The first-order valence-corrected chi connectivity index (χ1v) is 7.88. The van der Waals surface area contributed by atoms with Crippen molar-refractivity contribution < 1.29 is 9.53 Å². The molecule has 2 aliphatic heterocycles. The minimum atomic E-state index is 0.0427. The summed E-state index contributed by atoms with van der Waals surface area (Å²) in [6.45, 7) is 10.5. The molecule has 0 aromatic carbocycles. The third kappa shape index (κ3) is 4.18. The summed E-state index contributed by atoms with van der Waals surface area (Å²) in [6, 6.07) is 0. The maximum Gasteiger partial charge on any atom is 0.310 e. The predicted molar refractivity (Wildman–Crippen MR) is 76.1 cm³/mol. The molecular weight excluding hydrogens is 240 g/mol. The minimum absolute atomic E-state index is 0.0427. The van der Waals surface area contributed by atoms with Gasteiger partial charge in [-0.2, -0.15) is 0 Å². The molecule has 19 heavy (non-hydrogen) atoms. The Morgan fingerprint density at radius 1 is 1.05 bits per heavy atom. The van der Waals surface area contributed by atoms with Crippen molar-refractivity contribution >= 4 is 5.97 Å². The van der Waals surface area contributed by atoms with Crippen LogP contribution < -0.4 is 0 Å². The Morgan fingerprint density at radius 2 is 1.68 bits per heavy atom. The highest BCUT2D eigenvalue weighted by Crippen LogP contribution is 2.20. The molecule has 0 N–H and O–H groups in total. The second-order valence-electron chi connectivity index (χ2n) is 5.83. The number of carbonyl (C=O) groups is 1. The van der Waals surface area contributed by atoms with Crippen LogP contribution in [0.2, 0.25) is 0 Å². The molecular formula is C15H28N2O2. The molecule has 0 saturated carbocycles. The van der Waals surface area contributed by atoms with Crippen molar-refractivity contribution in [3.05, 3.63) is 0 Å². The molecule has 0 radical (unpaired) electrons. The Morgan fingerprint density at radius 3 is 2.37 bits per heavy atom. The predicted octanol–water partition coefficient (Wildman–Crippen LogP) is 1.75. The van der Waals surface area contributed by atoms with E-state index >= 15 is 0 Å². The van der Waals surface area contributed by atoms with E-state index in [0.29, 0.717) is 0 Å². The van der Waals surface area contributed by atoms with E-state index in [1.54, 1.807) is 0 Å². The van der Waals surface area contributed by atoms with Crippen LogP contribution in [-0.4, -0.2) is 61.1 Å². The fourth-order valence-electron chi connectivity index (χ4n) is 3.19. The van der Waals surface area contributed by atoms with E-state index in [0.717, 1.165) is 65.0 Å². The number of carbonyl (C=O) groups excluding carboxylic acids is 1. The zero-order valence-corrected chi connectivity index (χ0v) is 12.4. The van der Waals surface area contributed by atoms with Gasteiger partial charge in [-0.1, -0.05) is 13.8 Å². The molecule has 2 heterocycles. The van der Waals surface area contributed by atoms with Crippen molar-refractivity contribution in [2.75, 3.05) is 39.3 Å². The lowest BCUT2D eigenvalue weighted by Crippen LogP contribution is -2.43. The number of hydrogen-bond donors (Lipinski definition) is 0. The van der Waals surface area contributed by atoms with Gasteiger partial charge in [0.15, 0.2) is 0 Å². The Labute approximate surface area is 117 Å². The Hall–Kier alpha value is -0.610. The number of nitrogens with zero attached hydrogens (tertiary/aromatic N) is 2. The topological polar surface area (TPSA) is 32.8 Å². The van der Waals surface area contributed by atoms with Crippen LogP contribution in [0.5, 0.6) is 0 Å². The van der Waals surface area contributed by atoms with Crippen LogP contribution in [-0.2, 0) is 9.53 Å². The molecule has 2 saturated heterocycles. The first kappa shape index (κ1) is 14.8. The summed E-state index contributed by atoms with van der Waals surface area (Å²) in [5.74, 6) is 0.145. The highest BCUT2D eigenvalue weighted by molar-refractivity contribution is 5.73. The lowest BCUT2D eigenvalue weighted by molar-refractivity contribution is -0.158. The molecule has 2 rings (SSSR count). The largest absolute Gasteiger partial charge is 0.461 e. The van der Waals surface area contributed by atoms with Crippen LogP contribution in [0.25, 0.3) is 0 Å². The monoisotopic (exact) mass is 268 g/mol. The lowest BCUT2D eigenvalue weighted by Gasteiger charge is -2.34. The number of esters is 1. The zero-order valence-electron chi connectivity index (χ0n) is 12.4. The maximum absolute atomic E-state index is 12.3. The number of likely N-dealkylation sites (N-methyl/N-ethyl adjacent to an activating group) is 1.